The van der Waals surface area contributed by atoms with Crippen LogP contribution in [0.4, 0.5) is 0 Å². The number of carbonyl (C=O) groups is 1. The second-order valence-corrected chi connectivity index (χ2v) is 3.78. The Kier molecular flexibility index (Phi) is 4.37. The van der Waals surface area contributed by atoms with Crippen LogP contribution in [0.1, 0.15) is 30.9 Å². The summed E-state index contributed by atoms with van der Waals surface area (Å²) >= 11 is 0. The van der Waals surface area contributed by atoms with Gasteiger partial charge in [0.25, 0.3) is 0 Å². The highest BCUT2D eigenvalue weighted by molar-refractivity contribution is 5.78. The van der Waals surface area contributed by atoms with E-state index in [2.05, 4.69) is 0 Å². The fraction of sp³-hybridized carbons (Fsp3) is 0.462. The highest BCUT2D eigenvalue weighted by Gasteiger charge is 2.23. The summed E-state index contributed by atoms with van der Waals surface area (Å²) in [5, 5.41) is 9.14. The van der Waals surface area contributed by atoms with Gasteiger partial charge in [0.2, 0.25) is 0 Å². The van der Waals surface area contributed by atoms with Crippen LogP contribution in [0.5, 0.6) is 11.5 Å². The first-order valence-electron chi connectivity index (χ1n) is 5.53. The molecule has 0 aliphatic carbocycles. The van der Waals surface area contributed by atoms with Crippen molar-refractivity contribution >= 4 is 5.97 Å². The second-order valence-electron chi connectivity index (χ2n) is 3.78. The van der Waals surface area contributed by atoms with Crippen molar-refractivity contribution in [3.05, 3.63) is 23.3 Å². The molecule has 0 radical (unpaired) electrons. The average molecular weight is 238 g/mol. The third-order valence-corrected chi connectivity index (χ3v) is 2.87. The maximum atomic E-state index is 11.1. The molecule has 0 spiro atoms. The van der Waals surface area contributed by atoms with Crippen LogP contribution in [0.25, 0.3) is 0 Å². The number of aliphatic carboxylic acids is 1. The van der Waals surface area contributed by atoms with Gasteiger partial charge in [-0.3, -0.25) is 4.79 Å². The van der Waals surface area contributed by atoms with Crippen molar-refractivity contribution in [1.29, 1.82) is 0 Å². The Labute approximate surface area is 101 Å². The van der Waals surface area contributed by atoms with Gasteiger partial charge in [0.1, 0.15) is 11.5 Å². The molecule has 17 heavy (non-hydrogen) atoms. The lowest BCUT2D eigenvalue weighted by Crippen LogP contribution is -2.12. The predicted molar refractivity (Wildman–Crippen MR) is 65.0 cm³/mol. The number of hydrogen-bond acceptors (Lipinski definition) is 3. The first-order chi connectivity index (χ1) is 8.06. The summed E-state index contributed by atoms with van der Waals surface area (Å²) in [7, 11) is 3.12. The van der Waals surface area contributed by atoms with E-state index in [1.807, 2.05) is 6.92 Å². The van der Waals surface area contributed by atoms with Crippen molar-refractivity contribution < 1.29 is 19.4 Å². The largest absolute Gasteiger partial charge is 0.496 e. The summed E-state index contributed by atoms with van der Waals surface area (Å²) in [6.45, 7) is 3.62. The fourth-order valence-electron chi connectivity index (χ4n) is 1.96. The third kappa shape index (κ3) is 2.52. The molecule has 1 atom stereocenters. The summed E-state index contributed by atoms with van der Waals surface area (Å²) in [5.74, 6) is -0.185. The van der Waals surface area contributed by atoms with E-state index in [1.165, 1.54) is 0 Å². The van der Waals surface area contributed by atoms with Gasteiger partial charge in [-0.2, -0.15) is 0 Å². The minimum absolute atomic E-state index is 0.595. The Morgan fingerprint density at radius 3 is 2.24 bits per heavy atom. The number of benzene rings is 1. The molecule has 0 saturated carbocycles. The third-order valence-electron chi connectivity index (χ3n) is 2.87. The van der Waals surface area contributed by atoms with E-state index < -0.39 is 11.9 Å². The molecular formula is C13H18O4. The molecule has 0 aliphatic heterocycles. The van der Waals surface area contributed by atoms with Gasteiger partial charge in [-0.15, -0.1) is 0 Å². The van der Waals surface area contributed by atoms with Crippen LogP contribution in [-0.2, 0) is 11.2 Å². The lowest BCUT2D eigenvalue weighted by molar-refractivity contribution is -0.138. The van der Waals surface area contributed by atoms with E-state index in [4.69, 9.17) is 14.6 Å². The molecule has 1 aromatic rings. The topological polar surface area (TPSA) is 55.8 Å². The van der Waals surface area contributed by atoms with Crippen molar-refractivity contribution in [2.45, 2.75) is 26.2 Å². The Morgan fingerprint density at radius 2 is 1.82 bits per heavy atom. The molecule has 1 rings (SSSR count). The lowest BCUT2D eigenvalue weighted by Gasteiger charge is -2.18. The number of methoxy groups -OCH3 is 2. The molecule has 0 amide bonds. The predicted octanol–water partition coefficient (Wildman–Crippen LogP) is 2.45. The summed E-state index contributed by atoms with van der Waals surface area (Å²) in [6.07, 6.45) is 0.702. The van der Waals surface area contributed by atoms with Crippen LogP contribution in [0.15, 0.2) is 12.1 Å². The van der Waals surface area contributed by atoms with Crippen LogP contribution in [-0.4, -0.2) is 25.3 Å². The van der Waals surface area contributed by atoms with Gasteiger partial charge in [0.15, 0.2) is 0 Å². The van der Waals surface area contributed by atoms with Gasteiger partial charge in [-0.05, 0) is 25.5 Å². The summed E-state index contributed by atoms with van der Waals surface area (Å²) < 4.78 is 10.5. The van der Waals surface area contributed by atoms with Crippen molar-refractivity contribution in [1.82, 2.24) is 0 Å². The average Bonchev–Trinajstić information content (AvgIpc) is 2.35. The Morgan fingerprint density at radius 1 is 1.29 bits per heavy atom. The number of ether oxygens (including phenoxy) is 2. The molecule has 4 nitrogen and oxygen atoms in total. The van der Waals surface area contributed by atoms with Gasteiger partial charge in [0, 0.05) is 11.1 Å². The monoisotopic (exact) mass is 238 g/mol. The first kappa shape index (κ1) is 13.4. The number of hydrogen-bond donors (Lipinski definition) is 1. The van der Waals surface area contributed by atoms with Gasteiger partial charge >= 0.3 is 5.97 Å². The molecule has 94 valence electrons. The van der Waals surface area contributed by atoms with Gasteiger partial charge in [0.05, 0.1) is 20.1 Å². The number of rotatable bonds is 5. The van der Waals surface area contributed by atoms with Gasteiger partial charge in [-0.1, -0.05) is 6.92 Å². The normalized spacial score (nSPS) is 12.0. The highest BCUT2D eigenvalue weighted by atomic mass is 16.5. The van der Waals surface area contributed by atoms with E-state index in [0.717, 1.165) is 5.56 Å². The SMILES string of the molecule is CCc1c(OC)ccc(OC)c1C(C)C(=O)O. The van der Waals surface area contributed by atoms with Gasteiger partial charge < -0.3 is 14.6 Å². The quantitative estimate of drug-likeness (QED) is 0.856. The summed E-state index contributed by atoms with van der Waals surface area (Å²) in [5.41, 5.74) is 1.59. The molecule has 1 aromatic carbocycles. The minimum Gasteiger partial charge on any atom is -0.496 e. The van der Waals surface area contributed by atoms with Crippen LogP contribution >= 0.6 is 0 Å². The number of carboxylic acid groups (broad SMARTS) is 1. The number of carboxylic acids is 1. The lowest BCUT2D eigenvalue weighted by atomic mass is 9.92. The Hall–Kier alpha value is -1.71. The molecule has 4 heteroatoms. The zero-order valence-electron chi connectivity index (χ0n) is 10.6. The maximum Gasteiger partial charge on any atom is 0.310 e. The first-order valence-corrected chi connectivity index (χ1v) is 5.53. The summed E-state index contributed by atoms with van der Waals surface area (Å²) in [6, 6.07) is 3.54. The maximum absolute atomic E-state index is 11.1. The molecular weight excluding hydrogens is 220 g/mol. The highest BCUT2D eigenvalue weighted by Crippen LogP contribution is 2.36. The van der Waals surface area contributed by atoms with Gasteiger partial charge in [-0.25, -0.2) is 0 Å². The van der Waals surface area contributed by atoms with E-state index in [1.54, 1.807) is 33.3 Å². The molecule has 0 saturated heterocycles. The van der Waals surface area contributed by atoms with E-state index in [-0.39, 0.29) is 0 Å². The molecule has 1 N–H and O–H groups in total. The van der Waals surface area contributed by atoms with E-state index >= 15 is 0 Å². The molecule has 0 bridgehead atoms. The van der Waals surface area contributed by atoms with E-state index in [0.29, 0.717) is 23.5 Å². The molecule has 0 aromatic heterocycles. The van der Waals surface area contributed by atoms with Crippen molar-refractivity contribution in [3.63, 3.8) is 0 Å². The second kappa shape index (κ2) is 5.57. The van der Waals surface area contributed by atoms with E-state index in [9.17, 15) is 4.79 Å². The van der Waals surface area contributed by atoms with Crippen LogP contribution in [0.2, 0.25) is 0 Å². The van der Waals surface area contributed by atoms with Crippen LogP contribution in [0, 0.1) is 0 Å². The zero-order chi connectivity index (χ0) is 13.0. The minimum atomic E-state index is -0.869. The zero-order valence-corrected chi connectivity index (χ0v) is 10.6. The molecule has 0 aliphatic rings. The van der Waals surface area contributed by atoms with Crippen molar-refractivity contribution in [3.8, 4) is 11.5 Å². The smallest absolute Gasteiger partial charge is 0.310 e. The molecule has 0 heterocycles. The van der Waals surface area contributed by atoms with Crippen molar-refractivity contribution in [2.24, 2.45) is 0 Å². The fourth-order valence-corrected chi connectivity index (χ4v) is 1.96. The van der Waals surface area contributed by atoms with Crippen LogP contribution in [0.3, 0.4) is 0 Å². The van der Waals surface area contributed by atoms with Crippen molar-refractivity contribution in [2.75, 3.05) is 14.2 Å². The molecule has 1 unspecified atom stereocenters. The Bertz CT molecular complexity index is 412. The van der Waals surface area contributed by atoms with Crippen LogP contribution < -0.4 is 9.47 Å². The Balaban J connectivity index is 3.44. The summed E-state index contributed by atoms with van der Waals surface area (Å²) in [4.78, 5) is 11.1. The standard InChI is InChI=1S/C13H18O4/c1-5-9-10(16-3)6-7-11(17-4)12(9)8(2)13(14)15/h6-8H,5H2,1-4H3,(H,14,15). The molecule has 0 fully saturated rings.